The fourth-order valence-corrected chi connectivity index (χ4v) is 5.53. The highest BCUT2D eigenvalue weighted by Crippen LogP contribution is 2.29. The lowest BCUT2D eigenvalue weighted by Gasteiger charge is -2.38. The second-order valence-electron chi connectivity index (χ2n) is 11.3. The highest BCUT2D eigenvalue weighted by atomic mass is 16.4. The number of nitrogens with two attached hydrogens (primary N) is 1. The Balaban J connectivity index is 1.96. The van der Waals surface area contributed by atoms with Gasteiger partial charge in [-0.05, 0) is 31.2 Å². The summed E-state index contributed by atoms with van der Waals surface area (Å²) in [5.74, 6) is -5.44. The van der Waals surface area contributed by atoms with Crippen molar-refractivity contribution in [1.82, 2.24) is 26.6 Å². The number of carbonyl (C=O) groups excluding carboxylic acids is 5. The summed E-state index contributed by atoms with van der Waals surface area (Å²) in [7, 11) is 1.53. The fraction of sp³-hybridized carbons (Fsp3) is 0.567. The maximum absolute atomic E-state index is 13.9. The Bertz CT molecular complexity index is 1230. The van der Waals surface area contributed by atoms with E-state index in [2.05, 4.69) is 31.6 Å². The van der Waals surface area contributed by atoms with E-state index in [0.717, 1.165) is 12.0 Å². The number of nitrogens with one attached hydrogen (secondary N) is 5. The van der Waals surface area contributed by atoms with Gasteiger partial charge >= 0.3 is 5.97 Å². The van der Waals surface area contributed by atoms with Crippen molar-refractivity contribution in [2.24, 2.45) is 16.6 Å². The Labute approximate surface area is 256 Å². The van der Waals surface area contributed by atoms with Gasteiger partial charge < -0.3 is 37.4 Å². The van der Waals surface area contributed by atoms with E-state index >= 15 is 0 Å². The van der Waals surface area contributed by atoms with Crippen LogP contribution in [0, 0.1) is 5.92 Å². The van der Waals surface area contributed by atoms with Crippen LogP contribution in [0.15, 0.2) is 35.3 Å². The number of hydrogen-bond acceptors (Lipinski definition) is 7. The van der Waals surface area contributed by atoms with Gasteiger partial charge in [-0.25, -0.2) is 0 Å². The number of aliphatic carboxylic acids is 1. The molecule has 1 aromatic carbocycles. The third kappa shape index (κ3) is 10.1. The number of carboxylic acids is 1. The molecule has 1 aromatic rings. The van der Waals surface area contributed by atoms with Crippen molar-refractivity contribution >= 4 is 41.3 Å². The van der Waals surface area contributed by atoms with Crippen LogP contribution in [-0.4, -0.2) is 84.2 Å². The lowest BCUT2D eigenvalue weighted by Crippen LogP contribution is -2.65. The Kier molecular flexibility index (Phi) is 12.7. The molecule has 44 heavy (non-hydrogen) atoms. The second-order valence-corrected chi connectivity index (χ2v) is 11.3. The van der Waals surface area contributed by atoms with E-state index in [-0.39, 0.29) is 18.8 Å². The molecule has 3 atom stereocenters. The van der Waals surface area contributed by atoms with Crippen molar-refractivity contribution in [2.75, 3.05) is 20.1 Å². The Hall–Kier alpha value is -4.49. The second kappa shape index (κ2) is 16.4. The van der Waals surface area contributed by atoms with Crippen LogP contribution in [0.4, 0.5) is 0 Å². The van der Waals surface area contributed by atoms with Crippen LogP contribution in [0.5, 0.6) is 0 Å². The van der Waals surface area contributed by atoms with Crippen LogP contribution in [0.2, 0.25) is 0 Å². The predicted molar refractivity (Wildman–Crippen MR) is 161 cm³/mol. The van der Waals surface area contributed by atoms with Crippen molar-refractivity contribution in [2.45, 2.75) is 81.8 Å². The average Bonchev–Trinajstić information content (AvgIpc) is 3.00. The fourth-order valence-electron chi connectivity index (χ4n) is 5.53. The molecule has 1 saturated heterocycles. The SMILES string of the molecule is CN=C(N)NCCC[C@@H]1NC(=O)C2(CCCCC2)NC(=O)[C@@H](Cc2ccccc2)NC(=O)[C@H](CC(=O)O)CC(=O)CNC1=O. The molecule has 1 spiro atoms. The van der Waals surface area contributed by atoms with E-state index in [9.17, 15) is 33.9 Å². The zero-order chi connectivity index (χ0) is 32.1. The van der Waals surface area contributed by atoms with Gasteiger partial charge in [0.1, 0.15) is 17.6 Å². The van der Waals surface area contributed by atoms with Crippen molar-refractivity contribution in [3.8, 4) is 0 Å². The maximum Gasteiger partial charge on any atom is 0.304 e. The number of hydrogen-bond donors (Lipinski definition) is 7. The van der Waals surface area contributed by atoms with Gasteiger partial charge in [-0.1, -0.05) is 49.6 Å². The first kappa shape index (κ1) is 34.0. The number of guanidine groups is 1. The minimum Gasteiger partial charge on any atom is -0.481 e. The number of rotatable bonds is 8. The third-order valence-electron chi connectivity index (χ3n) is 7.98. The third-order valence-corrected chi connectivity index (χ3v) is 7.98. The molecule has 4 amide bonds. The van der Waals surface area contributed by atoms with Gasteiger partial charge in [-0.2, -0.15) is 0 Å². The summed E-state index contributed by atoms with van der Waals surface area (Å²) in [4.78, 5) is 82.6. The van der Waals surface area contributed by atoms with Gasteiger partial charge in [0.2, 0.25) is 23.6 Å². The number of carboxylic acid groups (broad SMARTS) is 1. The summed E-state index contributed by atoms with van der Waals surface area (Å²) < 4.78 is 0. The van der Waals surface area contributed by atoms with Gasteiger partial charge in [0, 0.05) is 26.4 Å². The molecule has 1 aliphatic carbocycles. The molecule has 0 aromatic heterocycles. The molecule has 0 radical (unpaired) electrons. The zero-order valence-corrected chi connectivity index (χ0v) is 25.0. The van der Waals surface area contributed by atoms with Gasteiger partial charge in [0.25, 0.3) is 0 Å². The number of Topliss-reactive ketones (excluding diaryl/α,β-unsaturated/α-hetero) is 1. The molecule has 3 rings (SSSR count). The first-order valence-corrected chi connectivity index (χ1v) is 15.0. The van der Waals surface area contributed by atoms with Crippen LogP contribution in [0.25, 0.3) is 0 Å². The highest BCUT2D eigenvalue weighted by molar-refractivity contribution is 5.99. The maximum atomic E-state index is 13.9. The van der Waals surface area contributed by atoms with E-state index < -0.39 is 78.3 Å². The Morgan fingerprint density at radius 2 is 1.70 bits per heavy atom. The molecule has 240 valence electrons. The van der Waals surface area contributed by atoms with Crippen LogP contribution >= 0.6 is 0 Å². The molecule has 1 heterocycles. The lowest BCUT2D eigenvalue weighted by molar-refractivity contribution is -0.142. The first-order valence-electron chi connectivity index (χ1n) is 15.0. The molecular formula is C30H43N7O7. The highest BCUT2D eigenvalue weighted by Gasteiger charge is 2.44. The summed E-state index contributed by atoms with van der Waals surface area (Å²) in [6.07, 6.45) is 2.43. The molecule has 1 saturated carbocycles. The molecular weight excluding hydrogens is 570 g/mol. The number of ketones is 1. The monoisotopic (exact) mass is 613 g/mol. The largest absolute Gasteiger partial charge is 0.481 e. The number of benzene rings is 1. The molecule has 2 aliphatic rings. The summed E-state index contributed by atoms with van der Waals surface area (Å²) in [6, 6.07) is 6.76. The van der Waals surface area contributed by atoms with Gasteiger partial charge in [-0.3, -0.25) is 33.8 Å². The number of amides is 4. The summed E-state index contributed by atoms with van der Waals surface area (Å²) in [5.41, 5.74) is 5.08. The van der Waals surface area contributed by atoms with E-state index in [4.69, 9.17) is 5.73 Å². The van der Waals surface area contributed by atoms with E-state index in [0.29, 0.717) is 38.6 Å². The summed E-state index contributed by atoms with van der Waals surface area (Å²) in [6.45, 7) is -0.0898. The van der Waals surface area contributed by atoms with Crippen LogP contribution in [0.1, 0.15) is 63.4 Å². The normalized spacial score (nSPS) is 23.8. The smallest absolute Gasteiger partial charge is 0.304 e. The minimum atomic E-state index is -1.33. The van der Waals surface area contributed by atoms with Gasteiger partial charge in [0.05, 0.1) is 18.9 Å². The lowest BCUT2D eigenvalue weighted by atomic mass is 9.80. The van der Waals surface area contributed by atoms with Crippen molar-refractivity contribution < 1.29 is 33.9 Å². The molecule has 0 bridgehead atoms. The van der Waals surface area contributed by atoms with E-state index in [1.165, 1.54) is 7.05 Å². The molecule has 1 aliphatic heterocycles. The quantitative estimate of drug-likeness (QED) is 0.114. The van der Waals surface area contributed by atoms with E-state index in [1.807, 2.05) is 6.07 Å². The van der Waals surface area contributed by atoms with Crippen molar-refractivity contribution in [1.29, 1.82) is 0 Å². The Morgan fingerprint density at radius 3 is 2.36 bits per heavy atom. The van der Waals surface area contributed by atoms with Crippen LogP contribution < -0.4 is 32.3 Å². The molecule has 2 fully saturated rings. The molecule has 14 nitrogen and oxygen atoms in total. The first-order chi connectivity index (χ1) is 21.0. The number of aliphatic imine (C=N–C) groups is 1. The zero-order valence-electron chi connectivity index (χ0n) is 25.0. The van der Waals surface area contributed by atoms with Gasteiger partial charge in [-0.15, -0.1) is 0 Å². The van der Waals surface area contributed by atoms with Gasteiger partial charge in [0.15, 0.2) is 11.7 Å². The standard InChI is InChI=1S/C30H43N7O7/c1-32-29(31)33-14-8-11-22-26(42)34-18-21(38)16-20(17-24(39)40)25(41)35-23(15-19-9-4-2-5-10-19)27(43)37-30(28(44)36-22)12-6-3-7-13-30/h2,4-5,9-10,20,22-23H,3,6-8,11-18H2,1H3,(H,34,42)(H,35,41)(H,36,44)(H,37,43)(H,39,40)(H3,31,32,33)/t20-,22-,23+/m0/s1. The van der Waals surface area contributed by atoms with Crippen LogP contribution in [0.3, 0.4) is 0 Å². The van der Waals surface area contributed by atoms with Crippen molar-refractivity contribution in [3.05, 3.63) is 35.9 Å². The van der Waals surface area contributed by atoms with Crippen molar-refractivity contribution in [3.63, 3.8) is 0 Å². The predicted octanol–water partition coefficient (Wildman–Crippen LogP) is -0.488. The van der Waals surface area contributed by atoms with Crippen LogP contribution in [-0.2, 0) is 35.2 Å². The summed E-state index contributed by atoms with van der Waals surface area (Å²) >= 11 is 0. The summed E-state index contributed by atoms with van der Waals surface area (Å²) in [5, 5.41) is 23.2. The van der Waals surface area contributed by atoms with E-state index in [1.54, 1.807) is 24.3 Å². The number of nitrogens with zero attached hydrogens (tertiary/aromatic N) is 1. The molecule has 0 unspecified atom stereocenters. The number of carbonyl (C=O) groups is 6. The Morgan fingerprint density at radius 1 is 1.00 bits per heavy atom. The molecule has 8 N–H and O–H groups in total. The molecule has 14 heteroatoms. The average molecular weight is 614 g/mol. The topological polar surface area (TPSA) is 221 Å². The minimum absolute atomic E-state index is 0.0731.